The van der Waals surface area contributed by atoms with E-state index in [1.165, 1.54) is 25.7 Å². The molecule has 1 aromatic carbocycles. The van der Waals surface area contributed by atoms with Crippen molar-refractivity contribution in [1.82, 2.24) is 10.2 Å². The van der Waals surface area contributed by atoms with Gasteiger partial charge in [0.05, 0.1) is 0 Å². The van der Waals surface area contributed by atoms with E-state index in [1.807, 2.05) is 36.1 Å². The highest BCUT2D eigenvalue weighted by Gasteiger charge is 2.46. The zero-order valence-corrected chi connectivity index (χ0v) is 17.1. The topological polar surface area (TPSA) is 49.4 Å². The van der Waals surface area contributed by atoms with E-state index in [9.17, 15) is 9.59 Å². The number of fused-ring (bicyclic) bond motifs is 1. The highest BCUT2D eigenvalue weighted by molar-refractivity contribution is 6.02. The Morgan fingerprint density at radius 2 is 1.85 bits per heavy atom. The van der Waals surface area contributed by atoms with E-state index in [0.29, 0.717) is 18.9 Å². The number of hydrogen-bond acceptors (Lipinski definition) is 2. The lowest BCUT2D eigenvalue weighted by Crippen LogP contribution is -2.63. The fourth-order valence-electron chi connectivity index (χ4n) is 4.42. The van der Waals surface area contributed by atoms with Crippen molar-refractivity contribution in [2.24, 2.45) is 5.92 Å². The maximum absolute atomic E-state index is 13.4. The van der Waals surface area contributed by atoms with Crippen LogP contribution in [0.3, 0.4) is 0 Å². The van der Waals surface area contributed by atoms with Crippen LogP contribution in [0, 0.1) is 5.92 Å². The molecule has 0 spiro atoms. The number of nitrogens with zero attached hydrogens (tertiary/aromatic N) is 1. The van der Waals surface area contributed by atoms with Crippen molar-refractivity contribution in [3.05, 3.63) is 35.4 Å². The number of benzene rings is 1. The van der Waals surface area contributed by atoms with Crippen LogP contribution in [-0.2, 0) is 11.2 Å². The average Bonchev–Trinajstić information content (AvgIpc) is 2.90. The van der Waals surface area contributed by atoms with E-state index in [2.05, 4.69) is 19.2 Å². The molecule has 0 saturated heterocycles. The van der Waals surface area contributed by atoms with Crippen molar-refractivity contribution in [3.63, 3.8) is 0 Å². The van der Waals surface area contributed by atoms with Crippen molar-refractivity contribution < 1.29 is 9.59 Å². The van der Waals surface area contributed by atoms with Gasteiger partial charge in [0.1, 0.15) is 5.54 Å². The smallest absolute Gasteiger partial charge is 0.255 e. The third-order valence-corrected chi connectivity index (χ3v) is 6.23. The Kier molecular flexibility index (Phi) is 6.23. The van der Waals surface area contributed by atoms with Gasteiger partial charge in [-0.1, -0.05) is 57.7 Å². The predicted octanol–water partition coefficient (Wildman–Crippen LogP) is 4.33. The van der Waals surface area contributed by atoms with Crippen molar-refractivity contribution in [2.75, 3.05) is 6.54 Å². The molecule has 4 heteroatoms. The summed E-state index contributed by atoms with van der Waals surface area (Å²) in [7, 11) is 0. The SMILES string of the molecule is CC(C)CCN1C(=O)c2ccccc2C[C@@]1(C)C(=O)NC1CCCCCC1. The molecule has 0 unspecified atom stereocenters. The molecule has 0 bridgehead atoms. The van der Waals surface area contributed by atoms with E-state index >= 15 is 0 Å². The summed E-state index contributed by atoms with van der Waals surface area (Å²) < 4.78 is 0. The average molecular weight is 371 g/mol. The summed E-state index contributed by atoms with van der Waals surface area (Å²) in [5.74, 6) is 0.501. The van der Waals surface area contributed by atoms with Gasteiger partial charge >= 0.3 is 0 Å². The molecule has 148 valence electrons. The number of amides is 2. The van der Waals surface area contributed by atoms with Gasteiger partial charge in [-0.15, -0.1) is 0 Å². The Balaban J connectivity index is 1.85. The lowest BCUT2D eigenvalue weighted by atomic mass is 9.82. The van der Waals surface area contributed by atoms with Crippen LogP contribution in [0.25, 0.3) is 0 Å². The van der Waals surface area contributed by atoms with Gasteiger partial charge in [-0.25, -0.2) is 0 Å². The second-order valence-electron chi connectivity index (χ2n) is 8.91. The van der Waals surface area contributed by atoms with E-state index in [0.717, 1.165) is 30.4 Å². The Morgan fingerprint density at radius 1 is 1.19 bits per heavy atom. The first-order chi connectivity index (χ1) is 12.9. The van der Waals surface area contributed by atoms with Gasteiger partial charge in [0, 0.05) is 24.6 Å². The lowest BCUT2D eigenvalue weighted by Gasteiger charge is -2.45. The first kappa shape index (κ1) is 19.9. The summed E-state index contributed by atoms with van der Waals surface area (Å²) in [6.07, 6.45) is 8.48. The van der Waals surface area contributed by atoms with Crippen molar-refractivity contribution >= 4 is 11.8 Å². The molecular formula is C23H34N2O2. The summed E-state index contributed by atoms with van der Waals surface area (Å²) in [6.45, 7) is 6.89. The molecule has 1 aromatic rings. The van der Waals surface area contributed by atoms with Crippen LogP contribution in [0.5, 0.6) is 0 Å². The molecule has 1 aliphatic carbocycles. The Hall–Kier alpha value is -1.84. The predicted molar refractivity (Wildman–Crippen MR) is 109 cm³/mol. The van der Waals surface area contributed by atoms with Crippen molar-refractivity contribution in [3.8, 4) is 0 Å². The molecule has 1 fully saturated rings. The molecule has 3 rings (SSSR count). The van der Waals surface area contributed by atoms with E-state index in [-0.39, 0.29) is 17.9 Å². The summed E-state index contributed by atoms with van der Waals surface area (Å²) in [4.78, 5) is 28.5. The van der Waals surface area contributed by atoms with Crippen molar-refractivity contribution in [2.45, 2.75) is 83.7 Å². The number of carbonyl (C=O) groups is 2. The van der Waals surface area contributed by atoms with Gasteiger partial charge < -0.3 is 10.2 Å². The number of carbonyl (C=O) groups excluding carboxylic acids is 2. The Labute approximate surface area is 163 Å². The highest BCUT2D eigenvalue weighted by Crippen LogP contribution is 2.32. The van der Waals surface area contributed by atoms with E-state index in [4.69, 9.17) is 0 Å². The third kappa shape index (κ3) is 4.36. The molecule has 4 nitrogen and oxygen atoms in total. The molecule has 1 aliphatic heterocycles. The minimum absolute atomic E-state index is 0.00369. The summed E-state index contributed by atoms with van der Waals surface area (Å²) in [5, 5.41) is 3.31. The normalized spacial score (nSPS) is 23.9. The molecule has 2 aliphatic rings. The van der Waals surface area contributed by atoms with Crippen LogP contribution in [0.2, 0.25) is 0 Å². The monoisotopic (exact) mass is 370 g/mol. The number of rotatable bonds is 5. The zero-order chi connectivity index (χ0) is 19.4. The standard InChI is InChI=1S/C23H34N2O2/c1-17(2)14-15-25-21(26)20-13-9-8-10-18(20)16-23(25,3)22(27)24-19-11-6-4-5-7-12-19/h8-10,13,17,19H,4-7,11-12,14-16H2,1-3H3,(H,24,27)/t23-/m0/s1. The van der Waals surface area contributed by atoms with Crippen LogP contribution in [0.15, 0.2) is 24.3 Å². The minimum Gasteiger partial charge on any atom is -0.351 e. The molecule has 2 amide bonds. The quantitative estimate of drug-likeness (QED) is 0.784. The van der Waals surface area contributed by atoms with Crippen LogP contribution in [-0.4, -0.2) is 34.8 Å². The van der Waals surface area contributed by atoms with Gasteiger partial charge in [-0.3, -0.25) is 9.59 Å². The van der Waals surface area contributed by atoms with Gasteiger partial charge in [0.15, 0.2) is 0 Å². The third-order valence-electron chi connectivity index (χ3n) is 6.23. The van der Waals surface area contributed by atoms with Gasteiger partial charge in [-0.05, 0) is 43.7 Å². The second-order valence-corrected chi connectivity index (χ2v) is 8.91. The highest BCUT2D eigenvalue weighted by atomic mass is 16.2. The maximum Gasteiger partial charge on any atom is 0.255 e. The van der Waals surface area contributed by atoms with Gasteiger partial charge in [-0.2, -0.15) is 0 Å². The van der Waals surface area contributed by atoms with Crippen molar-refractivity contribution in [1.29, 1.82) is 0 Å². The van der Waals surface area contributed by atoms with E-state index in [1.54, 1.807) is 0 Å². The van der Waals surface area contributed by atoms with Gasteiger partial charge in [0.2, 0.25) is 5.91 Å². The van der Waals surface area contributed by atoms with E-state index < -0.39 is 5.54 Å². The van der Waals surface area contributed by atoms with Crippen LogP contribution < -0.4 is 5.32 Å². The van der Waals surface area contributed by atoms with Crippen LogP contribution in [0.4, 0.5) is 0 Å². The minimum atomic E-state index is -0.813. The summed E-state index contributed by atoms with van der Waals surface area (Å²) in [6, 6.07) is 7.99. The summed E-state index contributed by atoms with van der Waals surface area (Å²) in [5.41, 5.74) is 0.926. The molecule has 1 atom stereocenters. The maximum atomic E-state index is 13.4. The second kappa shape index (κ2) is 8.45. The zero-order valence-electron chi connectivity index (χ0n) is 17.1. The molecule has 0 aromatic heterocycles. The Morgan fingerprint density at radius 3 is 2.52 bits per heavy atom. The Bertz CT molecular complexity index is 677. The molecule has 1 heterocycles. The molecule has 27 heavy (non-hydrogen) atoms. The molecule has 0 radical (unpaired) electrons. The fraction of sp³-hybridized carbons (Fsp3) is 0.652. The first-order valence-corrected chi connectivity index (χ1v) is 10.6. The molecule has 1 N–H and O–H groups in total. The lowest BCUT2D eigenvalue weighted by molar-refractivity contribution is -0.132. The van der Waals surface area contributed by atoms with Crippen LogP contribution >= 0.6 is 0 Å². The molecule has 1 saturated carbocycles. The summed E-state index contributed by atoms with van der Waals surface area (Å²) >= 11 is 0. The van der Waals surface area contributed by atoms with Crippen LogP contribution in [0.1, 0.15) is 81.6 Å². The number of nitrogens with one attached hydrogen (secondary N) is 1. The largest absolute Gasteiger partial charge is 0.351 e. The first-order valence-electron chi connectivity index (χ1n) is 10.6. The molecular weight excluding hydrogens is 336 g/mol. The number of hydrogen-bond donors (Lipinski definition) is 1. The van der Waals surface area contributed by atoms with Gasteiger partial charge in [0.25, 0.3) is 5.91 Å². The fourth-order valence-corrected chi connectivity index (χ4v) is 4.42.